The molecule has 0 aromatic heterocycles. The predicted molar refractivity (Wildman–Crippen MR) is 224 cm³/mol. The first-order chi connectivity index (χ1) is 28.7. The van der Waals surface area contributed by atoms with E-state index in [4.69, 9.17) is 33.2 Å². The SMILES string of the molecule is CSCO[C@H]1C[C@H]2OC[C@@]2(OC(C)=O)C2[C@H](OC(=O)c3ccccc3)[C@]3(O)C[C@H](OC(=O)[C@H](O)[C@H](C=C(C)C)NC(=O)OC(C)(C)C)C(C)=C([C@@H](OC(C)=O)C(=O)[C@@]21C)C3(C)C. The highest BCUT2D eigenvalue weighted by Crippen LogP contribution is 2.65. The van der Waals surface area contributed by atoms with E-state index in [1.165, 1.54) is 36.9 Å². The number of Topliss-reactive ketones (excluding diaryl/α,β-unsaturated/α-hetero) is 1. The normalized spacial score (nSPS) is 32.1. The molecule has 1 heterocycles. The summed E-state index contributed by atoms with van der Waals surface area (Å²) in [6.45, 7) is 16.7. The van der Waals surface area contributed by atoms with Gasteiger partial charge in [-0.2, -0.15) is 0 Å². The summed E-state index contributed by atoms with van der Waals surface area (Å²) in [7, 11) is 0. The average molecular weight is 888 g/mol. The fraction of sp³-hybridized carbons (Fsp3) is 0.644. The first kappa shape index (κ1) is 48.7. The van der Waals surface area contributed by atoms with Crippen molar-refractivity contribution in [2.45, 2.75) is 148 Å². The minimum Gasteiger partial charge on any atom is -0.456 e. The monoisotopic (exact) mass is 887 g/mol. The van der Waals surface area contributed by atoms with Crippen molar-refractivity contribution in [1.82, 2.24) is 5.32 Å². The maximum absolute atomic E-state index is 15.8. The predicted octanol–water partition coefficient (Wildman–Crippen LogP) is 4.77. The van der Waals surface area contributed by atoms with Gasteiger partial charge in [0.05, 0.1) is 41.6 Å². The molecule has 1 aliphatic heterocycles. The Morgan fingerprint density at radius 3 is 2.18 bits per heavy atom. The molecule has 2 bridgehead atoms. The van der Waals surface area contributed by atoms with Crippen molar-refractivity contribution in [3.8, 4) is 0 Å². The Morgan fingerprint density at radius 1 is 1.00 bits per heavy atom. The van der Waals surface area contributed by atoms with Gasteiger partial charge in [-0.25, -0.2) is 14.4 Å². The van der Waals surface area contributed by atoms with Crippen LogP contribution in [0.15, 0.2) is 53.1 Å². The maximum atomic E-state index is 15.8. The van der Waals surface area contributed by atoms with Gasteiger partial charge in [-0.05, 0) is 78.0 Å². The Hall–Kier alpha value is -4.29. The number of carbonyl (C=O) groups is 6. The van der Waals surface area contributed by atoms with Gasteiger partial charge in [0, 0.05) is 32.1 Å². The molecule has 2 saturated carbocycles. The molecule has 0 radical (unpaired) electrons. The Balaban J connectivity index is 1.77. The summed E-state index contributed by atoms with van der Waals surface area (Å²) >= 11 is 1.34. The highest BCUT2D eigenvalue weighted by atomic mass is 32.2. The van der Waals surface area contributed by atoms with E-state index in [-0.39, 0.29) is 35.7 Å². The number of carbonyl (C=O) groups excluding carboxylic acids is 6. The van der Waals surface area contributed by atoms with Gasteiger partial charge in [0.15, 0.2) is 23.6 Å². The fourth-order valence-corrected chi connectivity index (χ4v) is 10.1. The Morgan fingerprint density at radius 2 is 1.65 bits per heavy atom. The first-order valence-electron chi connectivity index (χ1n) is 20.6. The number of hydrogen-bond donors (Lipinski definition) is 3. The van der Waals surface area contributed by atoms with Crippen molar-refractivity contribution < 1.29 is 72.1 Å². The van der Waals surface area contributed by atoms with Gasteiger partial charge in [0.1, 0.15) is 29.5 Å². The molecule has 1 aromatic carbocycles. The summed E-state index contributed by atoms with van der Waals surface area (Å²) in [5.74, 6) is -5.72. The molecule has 1 aromatic rings. The number of allylic oxidation sites excluding steroid dienone is 1. The minimum atomic E-state index is -2.34. The van der Waals surface area contributed by atoms with Crippen molar-refractivity contribution in [3.63, 3.8) is 0 Å². The van der Waals surface area contributed by atoms with Crippen LogP contribution in [0.4, 0.5) is 4.79 Å². The van der Waals surface area contributed by atoms with Crippen LogP contribution in [0.2, 0.25) is 0 Å². The number of thioether (sulfide) groups is 1. The Labute approximate surface area is 366 Å². The van der Waals surface area contributed by atoms with Crippen LogP contribution in [0.1, 0.15) is 99.4 Å². The smallest absolute Gasteiger partial charge is 0.408 e. The average Bonchev–Trinajstić information content (AvgIpc) is 3.15. The molecule has 5 rings (SSSR count). The number of amides is 1. The summed E-state index contributed by atoms with van der Waals surface area (Å²) < 4.78 is 42.6. The molecule has 11 atom stereocenters. The molecule has 342 valence electrons. The summed E-state index contributed by atoms with van der Waals surface area (Å²) in [6, 6.07) is 6.65. The molecule has 3 aliphatic carbocycles. The van der Waals surface area contributed by atoms with E-state index in [2.05, 4.69) is 5.32 Å². The number of rotatable bonds is 12. The van der Waals surface area contributed by atoms with E-state index in [1.54, 1.807) is 86.8 Å². The molecule has 16 nitrogen and oxygen atoms in total. The lowest BCUT2D eigenvalue weighted by Gasteiger charge is -2.67. The number of aliphatic hydroxyl groups is 2. The zero-order valence-corrected chi connectivity index (χ0v) is 38.3. The second kappa shape index (κ2) is 18.1. The van der Waals surface area contributed by atoms with Crippen LogP contribution in [0.3, 0.4) is 0 Å². The van der Waals surface area contributed by atoms with E-state index in [0.717, 1.165) is 6.92 Å². The number of esters is 4. The molecule has 1 unspecified atom stereocenters. The summed E-state index contributed by atoms with van der Waals surface area (Å²) in [5, 5.41) is 27.8. The molecule has 1 saturated heterocycles. The first-order valence-corrected chi connectivity index (χ1v) is 22.0. The largest absolute Gasteiger partial charge is 0.456 e. The van der Waals surface area contributed by atoms with Crippen molar-refractivity contribution in [1.29, 1.82) is 0 Å². The van der Waals surface area contributed by atoms with Crippen molar-refractivity contribution >= 4 is 47.5 Å². The van der Waals surface area contributed by atoms with Crippen molar-refractivity contribution in [3.05, 3.63) is 58.7 Å². The van der Waals surface area contributed by atoms with Crippen LogP contribution in [0.5, 0.6) is 0 Å². The Kier molecular flexibility index (Phi) is 14.2. The molecule has 0 spiro atoms. The maximum Gasteiger partial charge on any atom is 0.408 e. The molecular weight excluding hydrogens is 827 g/mol. The lowest BCUT2D eigenvalue weighted by atomic mass is 9.44. The van der Waals surface area contributed by atoms with Crippen LogP contribution in [0, 0.1) is 16.7 Å². The second-order valence-corrected chi connectivity index (χ2v) is 19.4. The standard InChI is InChI=1S/C45H61NO15S/c1-23(2)18-28(46-40(53)61-41(6,7)8)33(49)39(52)58-29-20-45(54)37(59-38(51)27-16-14-13-15-17-27)35-43(11,36(50)34(57-25(4)47)32(24(29)3)42(45,9)10)30(56-22-62-12)19-31-44(35,21-55-31)60-26(5)48/h13-18,28-31,33-35,37,49,54H,19-22H2,1-12H3,(H,46,53)/t28-,29-,30-,31+,33+,34+,35?,37-,43+,44-,45+/m0/s1. The molecule has 3 N–H and O–H groups in total. The topological polar surface area (TPSA) is 220 Å². The molecule has 1 amide bonds. The van der Waals surface area contributed by atoms with E-state index in [0.29, 0.717) is 5.57 Å². The number of fused-ring (bicyclic) bond motifs is 5. The molecule has 4 aliphatic rings. The van der Waals surface area contributed by atoms with Crippen molar-refractivity contribution in [2.75, 3.05) is 18.8 Å². The number of nitrogens with one attached hydrogen (secondary N) is 1. The van der Waals surface area contributed by atoms with Gasteiger partial charge < -0.3 is 48.7 Å². The number of alkyl carbamates (subject to hydrolysis) is 1. The second-order valence-electron chi connectivity index (χ2n) is 18.6. The third-order valence-electron chi connectivity index (χ3n) is 12.6. The third-order valence-corrected chi connectivity index (χ3v) is 12.9. The van der Waals surface area contributed by atoms with Gasteiger partial charge in [-0.15, -0.1) is 11.8 Å². The summed E-state index contributed by atoms with van der Waals surface area (Å²) in [4.78, 5) is 83.4. The molecule has 3 fully saturated rings. The highest BCUT2D eigenvalue weighted by Gasteiger charge is 2.78. The quantitative estimate of drug-likeness (QED) is 0.111. The van der Waals surface area contributed by atoms with Crippen LogP contribution in [-0.2, 0) is 52.3 Å². The van der Waals surface area contributed by atoms with Crippen LogP contribution in [0.25, 0.3) is 0 Å². The third kappa shape index (κ3) is 9.05. The van der Waals surface area contributed by atoms with Gasteiger partial charge in [0.2, 0.25) is 0 Å². The number of aliphatic hydroxyl groups excluding tert-OH is 1. The minimum absolute atomic E-state index is 0.0425. The van der Waals surface area contributed by atoms with Gasteiger partial charge >= 0.3 is 30.0 Å². The number of ketones is 1. The lowest BCUT2D eigenvalue weighted by molar-refractivity contribution is -0.347. The van der Waals surface area contributed by atoms with Crippen LogP contribution in [-0.4, -0.2) is 124 Å². The van der Waals surface area contributed by atoms with E-state index in [9.17, 15) is 34.2 Å². The zero-order valence-electron chi connectivity index (χ0n) is 37.5. The Bertz CT molecular complexity index is 1990. The van der Waals surface area contributed by atoms with E-state index in [1.807, 2.05) is 0 Å². The van der Waals surface area contributed by atoms with Gasteiger partial charge in [0.25, 0.3) is 0 Å². The lowest BCUT2D eigenvalue weighted by Crippen LogP contribution is -2.82. The van der Waals surface area contributed by atoms with Crippen molar-refractivity contribution in [2.24, 2.45) is 16.7 Å². The number of benzene rings is 1. The zero-order chi connectivity index (χ0) is 46.3. The van der Waals surface area contributed by atoms with E-state index < -0.39 is 118 Å². The molecular formula is C45H61NO15S. The molecule has 62 heavy (non-hydrogen) atoms. The number of ether oxygens (including phenoxy) is 7. The fourth-order valence-electron chi connectivity index (χ4n) is 9.76. The summed E-state index contributed by atoms with van der Waals surface area (Å²) in [5.41, 5.74) is -7.38. The van der Waals surface area contributed by atoms with Gasteiger partial charge in [-0.3, -0.25) is 14.4 Å². The summed E-state index contributed by atoms with van der Waals surface area (Å²) in [6.07, 6.45) is -7.00. The molecule has 17 heteroatoms. The van der Waals surface area contributed by atoms with Crippen LogP contribution < -0.4 is 5.32 Å². The highest BCUT2D eigenvalue weighted by molar-refractivity contribution is 7.98. The van der Waals surface area contributed by atoms with Gasteiger partial charge in [-0.1, -0.05) is 43.7 Å². The van der Waals surface area contributed by atoms with E-state index >= 15 is 4.79 Å². The van der Waals surface area contributed by atoms with Crippen LogP contribution >= 0.6 is 11.8 Å². The number of hydrogen-bond acceptors (Lipinski definition) is 16.